The van der Waals surface area contributed by atoms with Crippen molar-refractivity contribution < 1.29 is 14.4 Å². The van der Waals surface area contributed by atoms with Gasteiger partial charge in [0.15, 0.2) is 0 Å². The summed E-state index contributed by atoms with van der Waals surface area (Å²) in [6.45, 7) is 0. The number of hydrogen-bond acceptors (Lipinski definition) is 9. The van der Waals surface area contributed by atoms with Gasteiger partial charge in [0.25, 0.3) is 0 Å². The summed E-state index contributed by atoms with van der Waals surface area (Å²) in [5.41, 5.74) is 6.38. The molecule has 0 amide bonds. The van der Waals surface area contributed by atoms with E-state index in [4.69, 9.17) is 26.8 Å². The Morgan fingerprint density at radius 3 is 2.55 bits per heavy atom. The lowest BCUT2D eigenvalue weighted by Gasteiger charge is -2.13. The highest BCUT2D eigenvalue weighted by molar-refractivity contribution is 6.30. The SMILES string of the molecule is COc1ccc(OC)c(Nc2nc(N)c([N+](=O)[O-])c(Nc3cccc(Cl)c3)n2)c1. The summed E-state index contributed by atoms with van der Waals surface area (Å²) in [6, 6.07) is 11.7. The van der Waals surface area contributed by atoms with Crippen molar-refractivity contribution in [3.05, 3.63) is 57.6 Å². The summed E-state index contributed by atoms with van der Waals surface area (Å²) in [6.07, 6.45) is 0. The molecule has 0 bridgehead atoms. The predicted molar refractivity (Wildman–Crippen MR) is 111 cm³/mol. The number of hydrogen-bond donors (Lipinski definition) is 3. The Labute approximate surface area is 170 Å². The molecule has 150 valence electrons. The molecule has 29 heavy (non-hydrogen) atoms. The summed E-state index contributed by atoms with van der Waals surface area (Å²) in [4.78, 5) is 19.0. The van der Waals surface area contributed by atoms with Crippen LogP contribution in [0.25, 0.3) is 0 Å². The maximum absolute atomic E-state index is 11.5. The molecule has 3 rings (SSSR count). The molecule has 1 aromatic heterocycles. The van der Waals surface area contributed by atoms with Crippen molar-refractivity contribution in [1.29, 1.82) is 0 Å². The third-order valence-corrected chi connectivity index (χ3v) is 4.07. The first-order chi connectivity index (χ1) is 13.9. The molecule has 0 aliphatic rings. The Hall–Kier alpha value is -3.79. The molecule has 4 N–H and O–H groups in total. The standard InChI is InChI=1S/C18H17ClN6O4/c1-28-12-6-7-14(29-2)13(9-12)22-18-23-16(20)15(25(26)27)17(24-18)21-11-5-3-4-10(19)8-11/h3-9H,1-2H3,(H4,20,21,22,23,24). The van der Waals surface area contributed by atoms with Crippen molar-refractivity contribution in [2.45, 2.75) is 0 Å². The van der Waals surface area contributed by atoms with E-state index in [1.807, 2.05) is 0 Å². The van der Waals surface area contributed by atoms with Crippen LogP contribution < -0.4 is 25.8 Å². The zero-order valence-electron chi connectivity index (χ0n) is 15.5. The Morgan fingerprint density at radius 2 is 1.90 bits per heavy atom. The van der Waals surface area contributed by atoms with Gasteiger partial charge in [0, 0.05) is 16.8 Å². The first-order valence-corrected chi connectivity index (χ1v) is 8.62. The first-order valence-electron chi connectivity index (χ1n) is 8.24. The second-order valence-corrected chi connectivity index (χ2v) is 6.15. The van der Waals surface area contributed by atoms with Crippen LogP contribution in [0.5, 0.6) is 11.5 Å². The van der Waals surface area contributed by atoms with Gasteiger partial charge < -0.3 is 25.8 Å². The highest BCUT2D eigenvalue weighted by atomic mass is 35.5. The third kappa shape index (κ3) is 4.55. The summed E-state index contributed by atoms with van der Waals surface area (Å²) in [7, 11) is 3.03. The van der Waals surface area contributed by atoms with Gasteiger partial charge in [-0.2, -0.15) is 9.97 Å². The lowest BCUT2D eigenvalue weighted by atomic mass is 10.2. The maximum Gasteiger partial charge on any atom is 0.353 e. The summed E-state index contributed by atoms with van der Waals surface area (Å²) in [5.74, 6) is 0.702. The molecular weight excluding hydrogens is 400 g/mol. The zero-order chi connectivity index (χ0) is 21.0. The molecule has 0 fully saturated rings. The minimum absolute atomic E-state index is 0.0316. The van der Waals surface area contributed by atoms with E-state index in [0.717, 1.165) is 0 Å². The normalized spacial score (nSPS) is 10.3. The number of nitrogens with one attached hydrogen (secondary N) is 2. The summed E-state index contributed by atoms with van der Waals surface area (Å²) < 4.78 is 10.5. The quantitative estimate of drug-likeness (QED) is 0.383. The number of anilines is 5. The molecule has 0 saturated heterocycles. The number of rotatable bonds is 7. The fraction of sp³-hybridized carbons (Fsp3) is 0.111. The number of nitro groups is 1. The second-order valence-electron chi connectivity index (χ2n) is 5.71. The van der Waals surface area contributed by atoms with E-state index in [2.05, 4.69) is 20.6 Å². The molecule has 1 heterocycles. The zero-order valence-corrected chi connectivity index (χ0v) is 16.2. The lowest BCUT2D eigenvalue weighted by Crippen LogP contribution is -2.09. The summed E-state index contributed by atoms with van der Waals surface area (Å²) >= 11 is 5.98. The van der Waals surface area contributed by atoms with Crippen LogP contribution in [0, 0.1) is 10.1 Å². The smallest absolute Gasteiger partial charge is 0.353 e. The van der Waals surface area contributed by atoms with Crippen LogP contribution in [0.4, 0.5) is 34.6 Å². The van der Waals surface area contributed by atoms with Crippen LogP contribution in [0.2, 0.25) is 5.02 Å². The number of methoxy groups -OCH3 is 2. The molecule has 0 atom stereocenters. The molecule has 3 aromatic rings. The molecule has 0 saturated carbocycles. The highest BCUT2D eigenvalue weighted by Gasteiger charge is 2.24. The van der Waals surface area contributed by atoms with E-state index >= 15 is 0 Å². The fourth-order valence-electron chi connectivity index (χ4n) is 2.53. The molecule has 0 radical (unpaired) electrons. The molecule has 10 nitrogen and oxygen atoms in total. The van der Waals surface area contributed by atoms with Crippen LogP contribution in [0.15, 0.2) is 42.5 Å². The van der Waals surface area contributed by atoms with Crippen molar-refractivity contribution in [2.24, 2.45) is 0 Å². The van der Waals surface area contributed by atoms with Crippen molar-refractivity contribution >= 4 is 46.2 Å². The van der Waals surface area contributed by atoms with Crippen molar-refractivity contribution in [1.82, 2.24) is 9.97 Å². The van der Waals surface area contributed by atoms with Gasteiger partial charge in [0.2, 0.25) is 17.6 Å². The van der Waals surface area contributed by atoms with Gasteiger partial charge in [-0.15, -0.1) is 0 Å². The van der Waals surface area contributed by atoms with Crippen LogP contribution in [-0.2, 0) is 0 Å². The number of ether oxygens (including phenoxy) is 2. The van der Waals surface area contributed by atoms with Gasteiger partial charge in [-0.1, -0.05) is 17.7 Å². The summed E-state index contributed by atoms with van der Waals surface area (Å²) in [5, 5.41) is 17.7. The molecule has 0 aliphatic carbocycles. The largest absolute Gasteiger partial charge is 0.497 e. The number of nitrogens with two attached hydrogens (primary N) is 1. The Bertz CT molecular complexity index is 1060. The van der Waals surface area contributed by atoms with Gasteiger partial charge >= 0.3 is 5.69 Å². The molecular formula is C18H17ClN6O4. The third-order valence-electron chi connectivity index (χ3n) is 3.83. The average molecular weight is 417 g/mol. The van der Waals surface area contributed by atoms with E-state index < -0.39 is 10.6 Å². The van der Waals surface area contributed by atoms with E-state index in [9.17, 15) is 10.1 Å². The molecule has 0 unspecified atom stereocenters. The number of aromatic nitrogens is 2. The van der Waals surface area contributed by atoms with Crippen LogP contribution in [0.3, 0.4) is 0 Å². The van der Waals surface area contributed by atoms with E-state index in [1.54, 1.807) is 42.5 Å². The monoisotopic (exact) mass is 416 g/mol. The van der Waals surface area contributed by atoms with Crippen LogP contribution in [0.1, 0.15) is 0 Å². The Morgan fingerprint density at radius 1 is 1.10 bits per heavy atom. The van der Waals surface area contributed by atoms with E-state index in [1.165, 1.54) is 14.2 Å². The Balaban J connectivity index is 2.03. The topological polar surface area (TPSA) is 137 Å². The van der Waals surface area contributed by atoms with E-state index in [-0.39, 0.29) is 17.6 Å². The minimum Gasteiger partial charge on any atom is -0.497 e. The number of nitrogens with zero attached hydrogens (tertiary/aromatic N) is 3. The van der Waals surface area contributed by atoms with Crippen LogP contribution >= 0.6 is 11.6 Å². The van der Waals surface area contributed by atoms with Gasteiger partial charge in [-0.25, -0.2) is 0 Å². The van der Waals surface area contributed by atoms with Gasteiger partial charge in [-0.05, 0) is 30.3 Å². The number of halogens is 1. The Kier molecular flexibility index (Phi) is 5.84. The van der Waals surface area contributed by atoms with Gasteiger partial charge in [0.1, 0.15) is 11.5 Å². The lowest BCUT2D eigenvalue weighted by molar-refractivity contribution is -0.383. The molecule has 0 spiro atoms. The molecule has 11 heteroatoms. The fourth-order valence-corrected chi connectivity index (χ4v) is 2.72. The van der Waals surface area contributed by atoms with Crippen LogP contribution in [-0.4, -0.2) is 29.1 Å². The molecule has 0 aliphatic heterocycles. The number of benzene rings is 2. The van der Waals surface area contributed by atoms with Gasteiger partial charge in [-0.3, -0.25) is 10.1 Å². The second kappa shape index (κ2) is 8.48. The van der Waals surface area contributed by atoms with Crippen molar-refractivity contribution in [3.8, 4) is 11.5 Å². The highest BCUT2D eigenvalue weighted by Crippen LogP contribution is 2.35. The average Bonchev–Trinajstić information content (AvgIpc) is 2.67. The van der Waals surface area contributed by atoms with Gasteiger partial charge in [0.05, 0.1) is 24.8 Å². The molecule has 2 aromatic carbocycles. The predicted octanol–water partition coefficient (Wildman–Crippen LogP) is 4.12. The minimum atomic E-state index is -0.655. The maximum atomic E-state index is 11.5. The van der Waals surface area contributed by atoms with Crippen molar-refractivity contribution in [2.75, 3.05) is 30.6 Å². The van der Waals surface area contributed by atoms with E-state index in [0.29, 0.717) is 27.9 Å². The number of nitrogen functional groups attached to an aromatic ring is 1. The van der Waals surface area contributed by atoms with Crippen molar-refractivity contribution in [3.63, 3.8) is 0 Å². The first kappa shape index (κ1) is 20.0.